The van der Waals surface area contributed by atoms with Gasteiger partial charge in [0.25, 0.3) is 0 Å². The molecule has 0 heterocycles. The van der Waals surface area contributed by atoms with Crippen molar-refractivity contribution >= 4 is 5.78 Å². The molecule has 0 aromatic carbocycles. The van der Waals surface area contributed by atoms with Crippen LogP contribution >= 0.6 is 0 Å². The molecule has 2 saturated carbocycles. The molecule has 0 aromatic heterocycles. The molecule has 0 N–H and O–H groups in total. The topological polar surface area (TPSA) is 17.1 Å². The van der Waals surface area contributed by atoms with E-state index in [1.165, 1.54) is 12.8 Å². The third-order valence-corrected chi connectivity index (χ3v) is 3.01. The molecule has 2 aliphatic carbocycles. The average molecular weight is 124 g/mol. The smallest absolute Gasteiger partial charge is 0.136 e. The molecule has 1 nitrogen and oxygen atoms in total. The normalized spacial score (nSPS) is 48.6. The van der Waals surface area contributed by atoms with Crippen molar-refractivity contribution in [1.82, 2.24) is 0 Å². The molecule has 0 unspecified atom stereocenters. The molecule has 0 radical (unpaired) electrons. The highest BCUT2D eigenvalue weighted by molar-refractivity contribution is 5.84. The van der Waals surface area contributed by atoms with E-state index in [-0.39, 0.29) is 0 Å². The van der Waals surface area contributed by atoms with Gasteiger partial charge in [0, 0.05) is 12.3 Å². The zero-order chi connectivity index (χ0) is 6.43. The largest absolute Gasteiger partial charge is 0.299 e. The Bertz CT molecular complexity index is 151. The molecule has 50 valence electrons. The maximum absolute atomic E-state index is 11.0. The summed E-state index contributed by atoms with van der Waals surface area (Å²) in [6.07, 6.45) is 3.24. The maximum Gasteiger partial charge on any atom is 0.136 e. The molecular weight excluding hydrogens is 112 g/mol. The number of carbonyl (C=O) groups excluding carboxylic acids is 1. The van der Waals surface area contributed by atoms with Crippen LogP contribution < -0.4 is 0 Å². The number of fused-ring (bicyclic) bond motifs is 1. The Labute approximate surface area is 55.4 Å². The van der Waals surface area contributed by atoms with Gasteiger partial charge in [0.15, 0.2) is 0 Å². The molecule has 3 atom stereocenters. The maximum atomic E-state index is 11.0. The minimum atomic E-state index is 0.500. The Balaban J connectivity index is 2.11. The monoisotopic (exact) mass is 124 g/mol. The minimum absolute atomic E-state index is 0.500. The van der Waals surface area contributed by atoms with Gasteiger partial charge >= 0.3 is 0 Å². The fraction of sp³-hybridized carbons (Fsp3) is 0.875. The summed E-state index contributed by atoms with van der Waals surface area (Å²) in [6, 6.07) is 0. The molecule has 0 aromatic rings. The summed E-state index contributed by atoms with van der Waals surface area (Å²) in [7, 11) is 0. The Kier molecular flexibility index (Phi) is 0.961. The van der Waals surface area contributed by atoms with E-state index in [1.807, 2.05) is 0 Å². The van der Waals surface area contributed by atoms with Crippen molar-refractivity contribution in [3.8, 4) is 0 Å². The number of hydrogen-bond donors (Lipinski definition) is 0. The summed E-state index contributed by atoms with van der Waals surface area (Å²) in [6.45, 7) is 2.26. The first-order valence-electron chi connectivity index (χ1n) is 3.82. The van der Waals surface area contributed by atoms with Crippen LogP contribution in [0.5, 0.6) is 0 Å². The fourth-order valence-electron chi connectivity index (χ4n) is 2.30. The van der Waals surface area contributed by atoms with Crippen LogP contribution in [0.1, 0.15) is 26.2 Å². The van der Waals surface area contributed by atoms with Crippen LogP contribution in [0.4, 0.5) is 0 Å². The minimum Gasteiger partial charge on any atom is -0.299 e. The summed E-state index contributed by atoms with van der Waals surface area (Å²) in [4.78, 5) is 11.0. The van der Waals surface area contributed by atoms with Gasteiger partial charge in [-0.15, -0.1) is 0 Å². The van der Waals surface area contributed by atoms with Gasteiger partial charge in [-0.3, -0.25) is 4.79 Å². The molecule has 2 aliphatic rings. The SMILES string of the molecule is C[C@@H]1C[C@H]2C(=O)CC[C@H]12. The lowest BCUT2D eigenvalue weighted by Gasteiger charge is -2.36. The number of Topliss-reactive ketones (excluding diaryl/α,β-unsaturated/α-hetero) is 1. The van der Waals surface area contributed by atoms with Crippen molar-refractivity contribution in [1.29, 1.82) is 0 Å². The van der Waals surface area contributed by atoms with Gasteiger partial charge < -0.3 is 0 Å². The van der Waals surface area contributed by atoms with Gasteiger partial charge in [0.1, 0.15) is 5.78 Å². The van der Waals surface area contributed by atoms with Crippen molar-refractivity contribution in [3.05, 3.63) is 0 Å². The summed E-state index contributed by atoms with van der Waals surface area (Å²) in [5.41, 5.74) is 0. The Morgan fingerprint density at radius 3 is 2.78 bits per heavy atom. The Hall–Kier alpha value is -0.330. The molecule has 0 amide bonds. The summed E-state index contributed by atoms with van der Waals surface area (Å²) in [5, 5.41) is 0. The average Bonchev–Trinajstić information content (AvgIpc) is 2.07. The van der Waals surface area contributed by atoms with Gasteiger partial charge in [-0.25, -0.2) is 0 Å². The Morgan fingerprint density at radius 2 is 2.33 bits per heavy atom. The first kappa shape index (κ1) is 5.45. The number of hydrogen-bond acceptors (Lipinski definition) is 1. The van der Waals surface area contributed by atoms with Crippen LogP contribution in [-0.2, 0) is 4.79 Å². The summed E-state index contributed by atoms with van der Waals surface area (Å²) < 4.78 is 0. The third-order valence-electron chi connectivity index (χ3n) is 3.01. The molecule has 0 spiro atoms. The van der Waals surface area contributed by atoms with Crippen LogP contribution in [0.15, 0.2) is 0 Å². The van der Waals surface area contributed by atoms with Gasteiger partial charge in [0.05, 0.1) is 0 Å². The van der Waals surface area contributed by atoms with Gasteiger partial charge in [0.2, 0.25) is 0 Å². The zero-order valence-electron chi connectivity index (χ0n) is 5.76. The van der Waals surface area contributed by atoms with Crippen molar-refractivity contribution < 1.29 is 4.79 Å². The van der Waals surface area contributed by atoms with E-state index < -0.39 is 0 Å². The second kappa shape index (κ2) is 1.59. The number of rotatable bonds is 0. The molecule has 1 heteroatoms. The van der Waals surface area contributed by atoms with Crippen molar-refractivity contribution in [3.63, 3.8) is 0 Å². The van der Waals surface area contributed by atoms with E-state index in [0.29, 0.717) is 11.7 Å². The van der Waals surface area contributed by atoms with E-state index in [9.17, 15) is 4.79 Å². The highest BCUT2D eigenvalue weighted by Gasteiger charge is 2.46. The van der Waals surface area contributed by atoms with Crippen molar-refractivity contribution in [2.75, 3.05) is 0 Å². The van der Waals surface area contributed by atoms with E-state index >= 15 is 0 Å². The van der Waals surface area contributed by atoms with E-state index in [0.717, 1.165) is 18.3 Å². The second-order valence-electron chi connectivity index (χ2n) is 3.49. The standard InChI is InChI=1S/C8H12O/c1-5-4-7-6(5)2-3-8(7)9/h5-7H,2-4H2,1H3/t5-,6-,7-/m1/s1. The van der Waals surface area contributed by atoms with E-state index in [2.05, 4.69) is 6.92 Å². The lowest BCUT2D eigenvalue weighted by molar-refractivity contribution is -0.124. The van der Waals surface area contributed by atoms with Crippen LogP contribution in [-0.4, -0.2) is 5.78 Å². The first-order chi connectivity index (χ1) is 4.29. The van der Waals surface area contributed by atoms with Crippen molar-refractivity contribution in [2.45, 2.75) is 26.2 Å². The Morgan fingerprint density at radius 1 is 1.56 bits per heavy atom. The molecule has 9 heavy (non-hydrogen) atoms. The highest BCUT2D eigenvalue weighted by atomic mass is 16.1. The number of carbonyl (C=O) groups is 1. The fourth-order valence-corrected chi connectivity index (χ4v) is 2.30. The van der Waals surface area contributed by atoms with Crippen LogP contribution in [0.2, 0.25) is 0 Å². The van der Waals surface area contributed by atoms with Crippen molar-refractivity contribution in [2.24, 2.45) is 17.8 Å². The molecule has 2 fully saturated rings. The molecule has 0 bridgehead atoms. The van der Waals surface area contributed by atoms with Crippen LogP contribution in [0, 0.1) is 17.8 Å². The third kappa shape index (κ3) is 0.577. The second-order valence-corrected chi connectivity index (χ2v) is 3.49. The summed E-state index contributed by atoms with van der Waals surface area (Å²) >= 11 is 0. The van der Waals surface area contributed by atoms with Gasteiger partial charge in [-0.1, -0.05) is 6.92 Å². The predicted octanol–water partition coefficient (Wildman–Crippen LogP) is 1.62. The van der Waals surface area contributed by atoms with Crippen LogP contribution in [0.3, 0.4) is 0 Å². The van der Waals surface area contributed by atoms with E-state index in [1.54, 1.807) is 0 Å². The quantitative estimate of drug-likeness (QED) is 0.479. The summed E-state index contributed by atoms with van der Waals surface area (Å²) in [5.74, 6) is 2.68. The van der Waals surface area contributed by atoms with Crippen LogP contribution in [0.25, 0.3) is 0 Å². The molecular formula is C8H12O. The van der Waals surface area contributed by atoms with Gasteiger partial charge in [-0.05, 0) is 24.7 Å². The predicted molar refractivity (Wildman–Crippen MR) is 35.0 cm³/mol. The lowest BCUT2D eigenvalue weighted by Crippen LogP contribution is -2.33. The molecule has 2 rings (SSSR count). The number of ketones is 1. The highest BCUT2D eigenvalue weighted by Crippen LogP contribution is 2.48. The zero-order valence-corrected chi connectivity index (χ0v) is 5.76. The lowest BCUT2D eigenvalue weighted by atomic mass is 9.67. The molecule has 0 aliphatic heterocycles. The molecule has 0 saturated heterocycles. The van der Waals surface area contributed by atoms with Gasteiger partial charge in [-0.2, -0.15) is 0 Å². The van der Waals surface area contributed by atoms with E-state index in [4.69, 9.17) is 0 Å². The first-order valence-corrected chi connectivity index (χ1v) is 3.82.